The number of hydrogen-bond donors (Lipinski definition) is 1. The Hall–Kier alpha value is -2.61. The third-order valence-electron chi connectivity index (χ3n) is 5.51. The van der Waals surface area contributed by atoms with Crippen molar-refractivity contribution in [2.45, 2.75) is 20.3 Å². The van der Waals surface area contributed by atoms with Crippen molar-refractivity contribution in [1.29, 1.82) is 0 Å². The third-order valence-corrected chi connectivity index (χ3v) is 6.25. The lowest BCUT2D eigenvalue weighted by molar-refractivity contribution is -0.115. The predicted molar refractivity (Wildman–Crippen MR) is 125 cm³/mol. The van der Waals surface area contributed by atoms with E-state index in [1.54, 1.807) is 28.9 Å². The molecular weight excluding hydrogens is 454 g/mol. The summed E-state index contributed by atoms with van der Waals surface area (Å²) in [5.74, 6) is -0.618. The number of benzene rings is 2. The lowest BCUT2D eigenvalue weighted by Crippen LogP contribution is -2.36. The first-order valence-electron chi connectivity index (χ1n) is 10.3. The zero-order valence-electron chi connectivity index (χ0n) is 17.8. The van der Waals surface area contributed by atoms with Crippen molar-refractivity contribution in [3.8, 4) is 5.69 Å². The van der Waals surface area contributed by atoms with Crippen LogP contribution in [-0.2, 0) is 16.0 Å². The summed E-state index contributed by atoms with van der Waals surface area (Å²) >= 11 is 12.1. The van der Waals surface area contributed by atoms with Crippen LogP contribution in [0.2, 0.25) is 10.0 Å². The molecule has 168 valence electrons. The molecule has 2 heterocycles. The van der Waals surface area contributed by atoms with Crippen LogP contribution in [0.5, 0.6) is 0 Å². The summed E-state index contributed by atoms with van der Waals surface area (Å²) in [6.45, 7) is 6.18. The average molecular weight is 477 g/mol. The van der Waals surface area contributed by atoms with Crippen LogP contribution in [0.4, 0.5) is 15.8 Å². The van der Waals surface area contributed by atoms with E-state index in [-0.39, 0.29) is 18.1 Å². The van der Waals surface area contributed by atoms with Gasteiger partial charge in [-0.2, -0.15) is 5.10 Å². The van der Waals surface area contributed by atoms with Crippen LogP contribution in [0.1, 0.15) is 17.0 Å². The Morgan fingerprint density at radius 3 is 2.56 bits per heavy atom. The molecule has 9 heteroatoms. The molecule has 0 aliphatic carbocycles. The van der Waals surface area contributed by atoms with E-state index < -0.39 is 0 Å². The van der Waals surface area contributed by atoms with E-state index in [2.05, 4.69) is 10.4 Å². The molecule has 1 N–H and O–H groups in total. The summed E-state index contributed by atoms with van der Waals surface area (Å²) in [7, 11) is 0. The van der Waals surface area contributed by atoms with E-state index in [0.717, 1.165) is 22.6 Å². The molecule has 1 fully saturated rings. The van der Waals surface area contributed by atoms with E-state index in [1.807, 2.05) is 24.8 Å². The molecule has 1 aliphatic rings. The van der Waals surface area contributed by atoms with Crippen LogP contribution in [0.3, 0.4) is 0 Å². The number of nitrogens with one attached hydrogen (secondary N) is 1. The molecule has 0 unspecified atom stereocenters. The number of aryl methyl sites for hydroxylation is 1. The third kappa shape index (κ3) is 4.75. The number of carbonyl (C=O) groups is 1. The standard InChI is InChI=1S/C23H23Cl2FN4O2/c1-14-18(15(2)30(28-14)17-4-5-19(24)20(25)12-17)13-23(31)27-16-3-6-22(21(26)11-16)29-7-9-32-10-8-29/h3-6,11-12H,7-10,13H2,1-2H3,(H,27,31). The second kappa shape index (κ2) is 9.48. The monoisotopic (exact) mass is 476 g/mol. The van der Waals surface area contributed by atoms with Crippen LogP contribution in [0, 0.1) is 19.7 Å². The van der Waals surface area contributed by atoms with Crippen LogP contribution in [0.25, 0.3) is 5.69 Å². The minimum atomic E-state index is -0.371. The van der Waals surface area contributed by atoms with Gasteiger partial charge in [0.05, 0.1) is 46.7 Å². The average Bonchev–Trinajstić information content (AvgIpc) is 3.04. The summed E-state index contributed by atoms with van der Waals surface area (Å²) in [4.78, 5) is 14.6. The van der Waals surface area contributed by atoms with Gasteiger partial charge in [0.2, 0.25) is 5.91 Å². The maximum absolute atomic E-state index is 14.6. The van der Waals surface area contributed by atoms with Gasteiger partial charge < -0.3 is 15.0 Å². The molecule has 0 radical (unpaired) electrons. The minimum Gasteiger partial charge on any atom is -0.378 e. The zero-order chi connectivity index (χ0) is 22.8. The second-order valence-corrected chi connectivity index (χ2v) is 8.46. The van der Waals surface area contributed by atoms with Gasteiger partial charge in [0.1, 0.15) is 5.82 Å². The molecule has 0 spiro atoms. The summed E-state index contributed by atoms with van der Waals surface area (Å²) < 4.78 is 21.7. The van der Waals surface area contributed by atoms with Gasteiger partial charge in [-0.3, -0.25) is 4.79 Å². The molecule has 1 amide bonds. The van der Waals surface area contributed by atoms with Crippen molar-refractivity contribution >= 4 is 40.5 Å². The van der Waals surface area contributed by atoms with Gasteiger partial charge in [-0.25, -0.2) is 9.07 Å². The highest BCUT2D eigenvalue weighted by Crippen LogP contribution is 2.27. The molecular formula is C23H23Cl2FN4O2. The van der Waals surface area contributed by atoms with E-state index in [0.29, 0.717) is 47.7 Å². The summed E-state index contributed by atoms with van der Waals surface area (Å²) in [6.07, 6.45) is 0.117. The minimum absolute atomic E-state index is 0.117. The number of anilines is 2. The molecule has 2 aromatic carbocycles. The van der Waals surface area contributed by atoms with Crippen molar-refractivity contribution in [2.24, 2.45) is 0 Å². The quantitative estimate of drug-likeness (QED) is 0.565. The SMILES string of the molecule is Cc1nn(-c2ccc(Cl)c(Cl)c2)c(C)c1CC(=O)Nc1ccc(N2CCOCC2)c(F)c1. The molecule has 1 aliphatic heterocycles. The van der Waals surface area contributed by atoms with Crippen molar-refractivity contribution in [1.82, 2.24) is 9.78 Å². The lowest BCUT2D eigenvalue weighted by Gasteiger charge is -2.29. The predicted octanol–water partition coefficient (Wildman–Crippen LogP) is 4.95. The van der Waals surface area contributed by atoms with Gasteiger partial charge in [0.25, 0.3) is 0 Å². The molecule has 32 heavy (non-hydrogen) atoms. The van der Waals surface area contributed by atoms with Gasteiger partial charge in [-0.1, -0.05) is 23.2 Å². The number of rotatable bonds is 5. The fraction of sp³-hybridized carbons (Fsp3) is 0.304. The summed E-state index contributed by atoms with van der Waals surface area (Å²) in [5, 5.41) is 8.22. The van der Waals surface area contributed by atoms with Crippen molar-refractivity contribution in [2.75, 3.05) is 36.5 Å². The van der Waals surface area contributed by atoms with Crippen molar-refractivity contribution in [3.63, 3.8) is 0 Å². The smallest absolute Gasteiger partial charge is 0.228 e. The van der Waals surface area contributed by atoms with Gasteiger partial charge >= 0.3 is 0 Å². The number of carbonyl (C=O) groups excluding carboxylic acids is 1. The second-order valence-electron chi connectivity index (χ2n) is 7.65. The lowest BCUT2D eigenvalue weighted by atomic mass is 10.1. The molecule has 1 saturated heterocycles. The number of aromatic nitrogens is 2. The first-order valence-corrected chi connectivity index (χ1v) is 11.0. The highest BCUT2D eigenvalue weighted by Gasteiger charge is 2.18. The highest BCUT2D eigenvalue weighted by atomic mass is 35.5. The Balaban J connectivity index is 1.48. The Morgan fingerprint density at radius 1 is 1.12 bits per heavy atom. The molecule has 0 atom stereocenters. The largest absolute Gasteiger partial charge is 0.378 e. The maximum atomic E-state index is 14.6. The number of hydrogen-bond acceptors (Lipinski definition) is 4. The van der Waals surface area contributed by atoms with Crippen LogP contribution in [0.15, 0.2) is 36.4 Å². The van der Waals surface area contributed by atoms with E-state index in [1.165, 1.54) is 6.07 Å². The van der Waals surface area contributed by atoms with Crippen LogP contribution < -0.4 is 10.2 Å². The molecule has 1 aromatic heterocycles. The summed E-state index contributed by atoms with van der Waals surface area (Å²) in [5.41, 5.74) is 4.05. The first kappa shape index (κ1) is 22.6. The molecule has 0 saturated carbocycles. The Morgan fingerprint density at radius 2 is 1.88 bits per heavy atom. The van der Waals surface area contributed by atoms with Crippen molar-refractivity contribution in [3.05, 3.63) is 69.2 Å². The van der Waals surface area contributed by atoms with E-state index in [4.69, 9.17) is 27.9 Å². The molecule has 0 bridgehead atoms. The fourth-order valence-corrected chi connectivity index (χ4v) is 4.10. The fourth-order valence-electron chi connectivity index (χ4n) is 3.81. The van der Waals surface area contributed by atoms with E-state index in [9.17, 15) is 9.18 Å². The maximum Gasteiger partial charge on any atom is 0.228 e. The topological polar surface area (TPSA) is 59.4 Å². The zero-order valence-corrected chi connectivity index (χ0v) is 19.3. The first-order chi connectivity index (χ1) is 15.3. The Kier molecular flexibility index (Phi) is 6.69. The van der Waals surface area contributed by atoms with Crippen molar-refractivity contribution < 1.29 is 13.9 Å². The van der Waals surface area contributed by atoms with Gasteiger partial charge in [0, 0.05) is 30.0 Å². The highest BCUT2D eigenvalue weighted by molar-refractivity contribution is 6.42. The van der Waals surface area contributed by atoms with Gasteiger partial charge in [-0.05, 0) is 50.2 Å². The molecule has 4 rings (SSSR count). The summed E-state index contributed by atoms with van der Waals surface area (Å²) in [6, 6.07) is 10.0. The Bertz CT molecular complexity index is 1160. The van der Waals surface area contributed by atoms with Crippen LogP contribution >= 0.6 is 23.2 Å². The number of morpholine rings is 1. The van der Waals surface area contributed by atoms with Gasteiger partial charge in [-0.15, -0.1) is 0 Å². The number of nitrogens with zero attached hydrogens (tertiary/aromatic N) is 3. The number of ether oxygens (including phenoxy) is 1. The van der Waals surface area contributed by atoms with Crippen LogP contribution in [-0.4, -0.2) is 42.0 Å². The number of amides is 1. The van der Waals surface area contributed by atoms with E-state index >= 15 is 0 Å². The molecule has 3 aromatic rings. The number of halogens is 3. The van der Waals surface area contributed by atoms with Gasteiger partial charge in [0.15, 0.2) is 0 Å². The Labute approximate surface area is 195 Å². The normalized spacial score (nSPS) is 14.0. The molecule has 6 nitrogen and oxygen atoms in total.